The van der Waals surface area contributed by atoms with Gasteiger partial charge in [-0.15, -0.1) is 0 Å². The van der Waals surface area contributed by atoms with Crippen molar-refractivity contribution in [1.29, 1.82) is 0 Å². The second kappa shape index (κ2) is 9.84. The maximum absolute atomic E-state index is 2.69. The highest BCUT2D eigenvalue weighted by Crippen LogP contribution is 2.55. The predicted octanol–water partition coefficient (Wildman–Crippen LogP) is 9.69. The fourth-order valence-electron chi connectivity index (χ4n) is 6.21. The van der Waals surface area contributed by atoms with Crippen molar-refractivity contribution in [2.45, 2.75) is 102 Å². The predicted molar refractivity (Wildman–Crippen MR) is 139 cm³/mol. The highest BCUT2D eigenvalue weighted by Gasteiger charge is 2.46. The van der Waals surface area contributed by atoms with Gasteiger partial charge in [0.1, 0.15) is 0 Å². The Morgan fingerprint density at radius 2 is 1.48 bits per heavy atom. The van der Waals surface area contributed by atoms with Crippen LogP contribution in [0, 0.1) is 53.3 Å². The van der Waals surface area contributed by atoms with Crippen molar-refractivity contribution in [1.82, 2.24) is 0 Å². The van der Waals surface area contributed by atoms with Crippen LogP contribution >= 0.6 is 0 Å². The van der Waals surface area contributed by atoms with Crippen molar-refractivity contribution in [2.75, 3.05) is 0 Å². The molecule has 0 saturated heterocycles. The minimum atomic E-state index is 0.220. The molecule has 1 aliphatic carbocycles. The first-order valence-corrected chi connectivity index (χ1v) is 13.0. The summed E-state index contributed by atoms with van der Waals surface area (Å²) in [6, 6.07) is 9.26. The van der Waals surface area contributed by atoms with Crippen molar-refractivity contribution >= 4 is 0 Å². The average molecular weight is 425 g/mol. The molecule has 31 heavy (non-hydrogen) atoms. The molecule has 1 aromatic rings. The van der Waals surface area contributed by atoms with Crippen LogP contribution in [-0.4, -0.2) is 0 Å². The van der Waals surface area contributed by atoms with Crippen molar-refractivity contribution < 1.29 is 0 Å². The van der Waals surface area contributed by atoms with Crippen LogP contribution in [0.5, 0.6) is 0 Å². The van der Waals surface area contributed by atoms with Crippen LogP contribution in [0.3, 0.4) is 0 Å². The summed E-state index contributed by atoms with van der Waals surface area (Å²) in [7, 11) is 0. The SMILES string of the molecule is CCC(C)(C)C(C1=CC(C)C(C(C)C(C)C)C1)C(C)C(C)(C)C(C)c1ccc(C)cc1. The Morgan fingerprint density at radius 1 is 0.935 bits per heavy atom. The van der Waals surface area contributed by atoms with Gasteiger partial charge in [0.05, 0.1) is 0 Å². The molecule has 0 heteroatoms. The fraction of sp³-hybridized carbons (Fsp3) is 0.742. The van der Waals surface area contributed by atoms with E-state index in [2.05, 4.69) is 113 Å². The fourth-order valence-corrected chi connectivity index (χ4v) is 6.21. The van der Waals surface area contributed by atoms with Gasteiger partial charge >= 0.3 is 0 Å². The first-order valence-electron chi connectivity index (χ1n) is 13.0. The average Bonchev–Trinajstić information content (AvgIpc) is 3.07. The quantitative estimate of drug-likeness (QED) is 0.346. The highest BCUT2D eigenvalue weighted by molar-refractivity contribution is 5.27. The van der Waals surface area contributed by atoms with Crippen LogP contribution in [-0.2, 0) is 0 Å². The molecule has 0 aliphatic heterocycles. The van der Waals surface area contributed by atoms with E-state index in [1.807, 2.05) is 0 Å². The van der Waals surface area contributed by atoms with E-state index in [1.54, 1.807) is 5.57 Å². The van der Waals surface area contributed by atoms with E-state index in [1.165, 1.54) is 24.0 Å². The van der Waals surface area contributed by atoms with Gasteiger partial charge in [0.25, 0.3) is 0 Å². The number of hydrogen-bond acceptors (Lipinski definition) is 0. The summed E-state index contributed by atoms with van der Waals surface area (Å²) < 4.78 is 0. The van der Waals surface area contributed by atoms with Crippen molar-refractivity contribution in [3.8, 4) is 0 Å². The molecule has 0 saturated carbocycles. The molecule has 6 unspecified atom stereocenters. The molecule has 1 aliphatic rings. The van der Waals surface area contributed by atoms with Crippen molar-refractivity contribution in [3.63, 3.8) is 0 Å². The molecule has 0 aromatic heterocycles. The van der Waals surface area contributed by atoms with Gasteiger partial charge in [-0.2, -0.15) is 0 Å². The van der Waals surface area contributed by atoms with Gasteiger partial charge < -0.3 is 0 Å². The molecule has 1 aromatic carbocycles. The van der Waals surface area contributed by atoms with Crippen molar-refractivity contribution in [3.05, 3.63) is 47.0 Å². The standard InChI is InChI=1S/C31H52/c1-13-30(9,10)29(27-18-22(5)28(19-27)23(6)20(2)3)25(8)31(11,12)24(7)26-16-14-21(4)15-17-26/h14-18,20,22-25,28-29H,13,19H2,1-12H3. The Balaban J connectivity index is 2.39. The molecule has 6 atom stereocenters. The summed E-state index contributed by atoms with van der Waals surface area (Å²) in [6.07, 6.45) is 5.22. The molecule has 0 radical (unpaired) electrons. The smallest absolute Gasteiger partial charge is 0.0121 e. The van der Waals surface area contributed by atoms with E-state index in [9.17, 15) is 0 Å². The van der Waals surface area contributed by atoms with Crippen LogP contribution in [0.2, 0.25) is 0 Å². The Morgan fingerprint density at radius 3 is 1.97 bits per heavy atom. The maximum atomic E-state index is 2.69. The number of allylic oxidation sites excluding steroid dienone is 2. The molecule has 0 heterocycles. The summed E-state index contributed by atoms with van der Waals surface area (Å²) in [4.78, 5) is 0. The molecule has 0 spiro atoms. The van der Waals surface area contributed by atoms with Crippen LogP contribution in [0.15, 0.2) is 35.9 Å². The number of hydrogen-bond donors (Lipinski definition) is 0. The molecular formula is C31H52. The molecule has 176 valence electrons. The minimum Gasteiger partial charge on any atom is -0.0819 e. The third kappa shape index (κ3) is 5.48. The number of benzene rings is 1. The zero-order valence-corrected chi connectivity index (χ0v) is 22.8. The Hall–Kier alpha value is -1.04. The molecule has 2 rings (SSSR count). The van der Waals surface area contributed by atoms with E-state index in [4.69, 9.17) is 0 Å². The molecule has 0 amide bonds. The first kappa shape index (κ1) is 26.2. The summed E-state index contributed by atoms with van der Waals surface area (Å²) >= 11 is 0. The number of rotatable bonds is 9. The highest BCUT2D eigenvalue weighted by atomic mass is 14.5. The molecule has 0 N–H and O–H groups in total. The van der Waals surface area contributed by atoms with Gasteiger partial charge in [0.15, 0.2) is 0 Å². The molecular weight excluding hydrogens is 372 g/mol. The van der Waals surface area contributed by atoms with E-state index in [-0.39, 0.29) is 5.41 Å². The second-order valence-corrected chi connectivity index (χ2v) is 12.6. The number of aryl methyl sites for hydroxylation is 1. The van der Waals surface area contributed by atoms with Gasteiger partial charge in [-0.1, -0.05) is 124 Å². The molecule has 0 nitrogen and oxygen atoms in total. The Labute approximate surface area is 195 Å². The van der Waals surface area contributed by atoms with Gasteiger partial charge in [0.2, 0.25) is 0 Å². The zero-order chi connectivity index (χ0) is 23.7. The maximum Gasteiger partial charge on any atom is -0.0121 e. The van der Waals surface area contributed by atoms with Crippen LogP contribution in [0.1, 0.15) is 106 Å². The van der Waals surface area contributed by atoms with Crippen LogP contribution < -0.4 is 0 Å². The van der Waals surface area contributed by atoms with E-state index >= 15 is 0 Å². The van der Waals surface area contributed by atoms with E-state index in [0.29, 0.717) is 29.1 Å². The Kier molecular flexibility index (Phi) is 8.32. The molecule has 0 fully saturated rings. The Bertz CT molecular complexity index is 730. The van der Waals surface area contributed by atoms with E-state index < -0.39 is 0 Å². The molecule has 0 bridgehead atoms. The van der Waals surface area contributed by atoms with Gasteiger partial charge in [0, 0.05) is 0 Å². The lowest BCUT2D eigenvalue weighted by Gasteiger charge is -2.48. The largest absolute Gasteiger partial charge is 0.0819 e. The summed E-state index contributed by atoms with van der Waals surface area (Å²) in [6.45, 7) is 29.4. The zero-order valence-electron chi connectivity index (χ0n) is 22.8. The first-order chi connectivity index (χ1) is 14.2. The van der Waals surface area contributed by atoms with Crippen molar-refractivity contribution in [2.24, 2.45) is 46.3 Å². The minimum absolute atomic E-state index is 0.220. The van der Waals surface area contributed by atoms with Crippen LogP contribution in [0.25, 0.3) is 0 Å². The topological polar surface area (TPSA) is 0 Å². The third-order valence-electron chi connectivity index (χ3n) is 9.87. The summed E-state index contributed by atoms with van der Waals surface area (Å²) in [5.41, 5.74) is 5.12. The normalized spacial score (nSPS) is 24.1. The van der Waals surface area contributed by atoms with Crippen LogP contribution in [0.4, 0.5) is 0 Å². The lowest BCUT2D eigenvalue weighted by atomic mass is 9.56. The lowest BCUT2D eigenvalue weighted by Crippen LogP contribution is -2.40. The van der Waals surface area contributed by atoms with E-state index in [0.717, 1.165) is 17.8 Å². The summed E-state index contributed by atoms with van der Waals surface area (Å²) in [5.74, 6) is 4.82. The van der Waals surface area contributed by atoms with Gasteiger partial charge in [-0.05, 0) is 71.2 Å². The van der Waals surface area contributed by atoms with Gasteiger partial charge in [-0.25, -0.2) is 0 Å². The second-order valence-electron chi connectivity index (χ2n) is 12.6. The third-order valence-corrected chi connectivity index (χ3v) is 9.87. The van der Waals surface area contributed by atoms with Gasteiger partial charge in [-0.3, -0.25) is 0 Å². The monoisotopic (exact) mass is 424 g/mol. The lowest BCUT2D eigenvalue weighted by molar-refractivity contribution is 0.0650. The summed E-state index contributed by atoms with van der Waals surface area (Å²) in [5, 5.41) is 0.